The van der Waals surface area contributed by atoms with Crippen LogP contribution in [0.1, 0.15) is 30.9 Å². The second-order valence-electron chi connectivity index (χ2n) is 11.0. The molecule has 0 spiro atoms. The number of nitro benzene ring substituents is 1. The van der Waals surface area contributed by atoms with Gasteiger partial charge in [-0.05, 0) is 35.8 Å². The first kappa shape index (κ1) is 17.5. The highest BCUT2D eigenvalue weighted by Crippen LogP contribution is 2.87. The van der Waals surface area contributed by atoms with Crippen LogP contribution < -0.4 is 0 Å². The van der Waals surface area contributed by atoms with E-state index < -0.39 is 10.3 Å². The van der Waals surface area contributed by atoms with Crippen molar-refractivity contribution in [2.75, 3.05) is 0 Å². The standard InChI is InChI=1S/C27H21NO4/c1-25-12-26(13-5-3-2-4-6-13)20-17-11-16(18(20)25)19-23(29)21(25)22(26)24(30)27(17,19)14-7-9-15(10-8-14)28(31)32/h2-10,16-17,19,21-22H,11-12H2,1H3/t16-,17+,19+,21-,22+,25+,26+,27-/m0/s1. The summed E-state index contributed by atoms with van der Waals surface area (Å²) in [6, 6.07) is 16.9. The molecule has 0 radical (unpaired) electrons. The van der Waals surface area contributed by atoms with Crippen LogP contribution in [0.15, 0.2) is 65.7 Å². The van der Waals surface area contributed by atoms with Crippen LogP contribution in [-0.4, -0.2) is 16.5 Å². The Morgan fingerprint density at radius 3 is 2.31 bits per heavy atom. The van der Waals surface area contributed by atoms with Gasteiger partial charge in [0.25, 0.3) is 5.69 Å². The molecule has 0 saturated heterocycles. The molecule has 5 fully saturated rings. The number of benzene rings is 2. The van der Waals surface area contributed by atoms with Crippen molar-refractivity contribution in [3.05, 3.63) is 87.0 Å². The molecule has 9 aliphatic carbocycles. The van der Waals surface area contributed by atoms with Crippen LogP contribution in [0.4, 0.5) is 5.69 Å². The number of Topliss-reactive ketones (excluding diaryl/α,β-unsaturated/α-hetero) is 2. The number of carbonyl (C=O) groups excluding carboxylic acids is 2. The van der Waals surface area contributed by atoms with Gasteiger partial charge in [0.1, 0.15) is 11.6 Å². The lowest BCUT2D eigenvalue weighted by Crippen LogP contribution is -2.70. The Kier molecular flexibility index (Phi) is 2.62. The molecule has 0 heterocycles. The maximum Gasteiger partial charge on any atom is 0.269 e. The molecule has 2 aromatic rings. The Hall–Kier alpha value is -3.08. The van der Waals surface area contributed by atoms with Crippen LogP contribution in [0.25, 0.3) is 0 Å². The van der Waals surface area contributed by atoms with Crippen molar-refractivity contribution in [2.45, 2.75) is 30.6 Å². The van der Waals surface area contributed by atoms with Gasteiger partial charge in [-0.25, -0.2) is 0 Å². The van der Waals surface area contributed by atoms with Gasteiger partial charge in [0.15, 0.2) is 0 Å². The van der Waals surface area contributed by atoms with E-state index >= 15 is 0 Å². The number of nitrogens with zero attached hydrogens (tertiary/aromatic N) is 1. The predicted octanol–water partition coefficient (Wildman–Crippen LogP) is 4.15. The molecule has 11 rings (SSSR count). The predicted molar refractivity (Wildman–Crippen MR) is 115 cm³/mol. The molecule has 2 aromatic carbocycles. The van der Waals surface area contributed by atoms with Gasteiger partial charge in [0.05, 0.1) is 10.3 Å². The van der Waals surface area contributed by atoms with Crippen LogP contribution in [0.2, 0.25) is 0 Å². The fraction of sp³-hybridized carbons (Fsp3) is 0.407. The summed E-state index contributed by atoms with van der Waals surface area (Å²) in [4.78, 5) is 39.5. The van der Waals surface area contributed by atoms with Crippen LogP contribution in [0.5, 0.6) is 0 Å². The minimum absolute atomic E-state index is 0.0185. The number of carbonyl (C=O) groups is 2. The molecule has 32 heavy (non-hydrogen) atoms. The second kappa shape index (κ2) is 4.80. The van der Waals surface area contributed by atoms with Gasteiger partial charge in [-0.1, -0.05) is 60.5 Å². The highest BCUT2D eigenvalue weighted by Gasteiger charge is 2.89. The highest BCUT2D eigenvalue weighted by atomic mass is 16.6. The lowest BCUT2D eigenvalue weighted by molar-refractivity contribution is -0.384. The van der Waals surface area contributed by atoms with E-state index in [4.69, 9.17) is 0 Å². The average Bonchev–Trinajstić information content (AvgIpc) is 3.51. The largest absolute Gasteiger partial charge is 0.299 e. The third-order valence-corrected chi connectivity index (χ3v) is 10.4. The van der Waals surface area contributed by atoms with Crippen LogP contribution >= 0.6 is 0 Å². The van der Waals surface area contributed by atoms with E-state index in [9.17, 15) is 19.7 Å². The van der Waals surface area contributed by atoms with Crippen LogP contribution in [-0.2, 0) is 20.4 Å². The molecule has 5 heteroatoms. The summed E-state index contributed by atoms with van der Waals surface area (Å²) in [6.45, 7) is 2.25. The Morgan fingerprint density at radius 2 is 1.62 bits per heavy atom. The van der Waals surface area contributed by atoms with Gasteiger partial charge >= 0.3 is 0 Å². The third kappa shape index (κ3) is 1.37. The number of hydrogen-bond acceptors (Lipinski definition) is 4. The zero-order valence-electron chi connectivity index (χ0n) is 17.6. The number of ketones is 2. The smallest absolute Gasteiger partial charge is 0.269 e. The van der Waals surface area contributed by atoms with E-state index in [1.165, 1.54) is 28.8 Å². The number of hydrogen-bond donors (Lipinski definition) is 0. The van der Waals surface area contributed by atoms with Crippen molar-refractivity contribution in [3.8, 4) is 0 Å². The monoisotopic (exact) mass is 423 g/mol. The fourth-order valence-corrected chi connectivity index (χ4v) is 9.99. The Bertz CT molecular complexity index is 1340. The normalized spacial score (nSPS) is 45.7. The lowest BCUT2D eigenvalue weighted by Gasteiger charge is -2.63. The molecular weight excluding hydrogens is 402 g/mol. The Morgan fingerprint density at radius 1 is 0.906 bits per heavy atom. The van der Waals surface area contributed by atoms with Gasteiger partial charge in [0, 0.05) is 40.7 Å². The minimum atomic E-state index is -0.833. The van der Waals surface area contributed by atoms with Gasteiger partial charge in [-0.15, -0.1) is 0 Å². The number of allylic oxidation sites excluding steroid dienone is 2. The van der Waals surface area contributed by atoms with E-state index in [2.05, 4.69) is 19.1 Å². The molecule has 5 saturated carbocycles. The van der Waals surface area contributed by atoms with Crippen molar-refractivity contribution >= 4 is 17.3 Å². The molecule has 9 aliphatic rings. The molecule has 0 aromatic heterocycles. The highest BCUT2D eigenvalue weighted by molar-refractivity contribution is 6.13. The maximum atomic E-state index is 14.6. The molecule has 0 unspecified atom stereocenters. The van der Waals surface area contributed by atoms with Gasteiger partial charge in [0.2, 0.25) is 0 Å². The van der Waals surface area contributed by atoms with E-state index in [-0.39, 0.29) is 57.7 Å². The van der Waals surface area contributed by atoms with Crippen LogP contribution in [0.3, 0.4) is 0 Å². The van der Waals surface area contributed by atoms with Crippen molar-refractivity contribution in [1.82, 2.24) is 0 Å². The third-order valence-electron chi connectivity index (χ3n) is 10.4. The zero-order valence-corrected chi connectivity index (χ0v) is 17.6. The summed E-state index contributed by atoms with van der Waals surface area (Å²) in [7, 11) is 0. The maximum absolute atomic E-state index is 14.6. The number of non-ortho nitro benzene ring substituents is 1. The summed E-state index contributed by atoms with van der Waals surface area (Å²) < 4.78 is 0. The minimum Gasteiger partial charge on any atom is -0.299 e. The summed E-state index contributed by atoms with van der Waals surface area (Å²) in [5.41, 5.74) is 3.60. The molecular formula is C27H21NO4. The average molecular weight is 423 g/mol. The summed E-state index contributed by atoms with van der Waals surface area (Å²) in [5.74, 6) is -0.142. The van der Waals surface area contributed by atoms with Crippen LogP contribution in [0, 0.1) is 45.1 Å². The van der Waals surface area contributed by atoms with Gasteiger partial charge < -0.3 is 0 Å². The summed E-state index contributed by atoms with van der Waals surface area (Å²) in [6.07, 6.45) is 1.74. The van der Waals surface area contributed by atoms with E-state index in [1.807, 2.05) is 18.2 Å². The van der Waals surface area contributed by atoms with Gasteiger partial charge in [-0.2, -0.15) is 0 Å². The van der Waals surface area contributed by atoms with E-state index in [0.717, 1.165) is 18.4 Å². The fourth-order valence-electron chi connectivity index (χ4n) is 9.99. The first-order valence-electron chi connectivity index (χ1n) is 11.5. The summed E-state index contributed by atoms with van der Waals surface area (Å²) in [5, 5.41) is 11.2. The van der Waals surface area contributed by atoms with Crippen molar-refractivity contribution in [1.29, 1.82) is 0 Å². The molecule has 8 atom stereocenters. The Balaban J connectivity index is 1.44. The molecule has 158 valence electrons. The first-order chi connectivity index (χ1) is 15.4. The van der Waals surface area contributed by atoms with E-state index in [1.54, 1.807) is 12.1 Å². The Labute approximate surface area is 184 Å². The quantitative estimate of drug-likeness (QED) is 0.422. The van der Waals surface area contributed by atoms with Crippen molar-refractivity contribution < 1.29 is 14.5 Å². The molecule has 10 bridgehead atoms. The van der Waals surface area contributed by atoms with Gasteiger partial charge in [-0.3, -0.25) is 19.7 Å². The molecule has 0 N–H and O–H groups in total. The number of nitro groups is 1. The topological polar surface area (TPSA) is 77.3 Å². The molecule has 0 amide bonds. The molecule has 0 aliphatic heterocycles. The van der Waals surface area contributed by atoms with Crippen molar-refractivity contribution in [2.24, 2.45) is 35.0 Å². The lowest BCUT2D eigenvalue weighted by atomic mass is 9.37. The number of rotatable bonds is 3. The second-order valence-corrected chi connectivity index (χ2v) is 11.0. The molecule has 5 nitrogen and oxygen atoms in total. The zero-order chi connectivity index (χ0) is 21.8. The summed E-state index contributed by atoms with van der Waals surface area (Å²) >= 11 is 0. The van der Waals surface area contributed by atoms with E-state index in [0.29, 0.717) is 0 Å². The van der Waals surface area contributed by atoms with Crippen molar-refractivity contribution in [3.63, 3.8) is 0 Å². The first-order valence-corrected chi connectivity index (χ1v) is 11.5. The SMILES string of the molecule is C[C@@]12C[C@@]3(c4ccccc4)C4=C1[C@@H]1C[C@H]4[C@]4(c5ccc([N+](=O)[O-])cc5)C(=O)[C@H]3[C@H]2C(=O)[C@@H]14.